The van der Waals surface area contributed by atoms with Gasteiger partial charge in [-0.25, -0.2) is 9.59 Å². The van der Waals surface area contributed by atoms with E-state index in [1.807, 2.05) is 0 Å². The van der Waals surface area contributed by atoms with E-state index < -0.39 is 29.6 Å². The molecule has 0 radical (unpaired) electrons. The Morgan fingerprint density at radius 2 is 2.10 bits per heavy atom. The van der Waals surface area contributed by atoms with Crippen LogP contribution in [0.5, 0.6) is 0 Å². The lowest BCUT2D eigenvalue weighted by Crippen LogP contribution is -2.38. The number of aliphatic hydroxyl groups is 1. The molecule has 4 N–H and O–H groups in total. The zero-order valence-electron chi connectivity index (χ0n) is 9.87. The Balaban J connectivity index is 2.62. The third kappa shape index (κ3) is 4.48. The number of hydrogen-bond donors (Lipinski definition) is 4. The Morgan fingerprint density at radius 1 is 1.45 bits per heavy atom. The van der Waals surface area contributed by atoms with E-state index in [2.05, 4.69) is 26.6 Å². The molecule has 0 saturated heterocycles. The van der Waals surface area contributed by atoms with E-state index in [0.717, 1.165) is 0 Å². The number of carbonyl (C=O) groups excluding carboxylic acids is 1. The van der Waals surface area contributed by atoms with Gasteiger partial charge >= 0.3 is 12.0 Å². The second kappa shape index (κ2) is 6.82. The third-order valence-corrected chi connectivity index (χ3v) is 2.81. The highest BCUT2D eigenvalue weighted by Gasteiger charge is 2.15. The number of nitro groups is 1. The van der Waals surface area contributed by atoms with Crippen LogP contribution >= 0.6 is 15.9 Å². The van der Waals surface area contributed by atoms with E-state index in [1.165, 1.54) is 18.2 Å². The SMILES string of the molecule is O=C(NCC(O)C(=O)O)Nc1ccc([N+](=O)[O-])cc1Br. The van der Waals surface area contributed by atoms with E-state index in [0.29, 0.717) is 4.47 Å². The summed E-state index contributed by atoms with van der Waals surface area (Å²) in [6.07, 6.45) is -1.71. The van der Waals surface area contributed by atoms with Crippen LogP contribution in [0.2, 0.25) is 0 Å². The second-order valence-electron chi connectivity index (χ2n) is 3.61. The van der Waals surface area contributed by atoms with Gasteiger partial charge in [-0.3, -0.25) is 10.1 Å². The third-order valence-electron chi connectivity index (χ3n) is 2.15. The molecule has 10 heteroatoms. The van der Waals surface area contributed by atoms with Gasteiger partial charge in [0.15, 0.2) is 6.10 Å². The normalized spacial score (nSPS) is 11.5. The molecule has 0 bridgehead atoms. The lowest BCUT2D eigenvalue weighted by atomic mass is 10.3. The van der Waals surface area contributed by atoms with Crippen molar-refractivity contribution in [3.63, 3.8) is 0 Å². The first-order valence-corrected chi connectivity index (χ1v) is 6.00. The van der Waals surface area contributed by atoms with Crippen molar-refractivity contribution >= 4 is 39.3 Å². The zero-order chi connectivity index (χ0) is 15.3. The van der Waals surface area contributed by atoms with Gasteiger partial charge in [-0.1, -0.05) is 0 Å². The van der Waals surface area contributed by atoms with Crippen molar-refractivity contribution in [2.24, 2.45) is 0 Å². The number of urea groups is 1. The molecule has 108 valence electrons. The van der Waals surface area contributed by atoms with Gasteiger partial charge in [0.25, 0.3) is 5.69 Å². The number of halogens is 1. The fourth-order valence-electron chi connectivity index (χ4n) is 1.16. The number of aliphatic hydroxyl groups excluding tert-OH is 1. The summed E-state index contributed by atoms with van der Waals surface area (Å²) in [5, 5.41) is 32.4. The predicted octanol–water partition coefficient (Wildman–Crippen LogP) is 0.924. The van der Waals surface area contributed by atoms with E-state index in [1.54, 1.807) is 0 Å². The van der Waals surface area contributed by atoms with Crippen molar-refractivity contribution in [2.45, 2.75) is 6.10 Å². The van der Waals surface area contributed by atoms with E-state index >= 15 is 0 Å². The average Bonchev–Trinajstić information content (AvgIpc) is 2.37. The van der Waals surface area contributed by atoms with Crippen LogP contribution in [0, 0.1) is 10.1 Å². The van der Waals surface area contributed by atoms with Crippen LogP contribution in [0.15, 0.2) is 22.7 Å². The van der Waals surface area contributed by atoms with Gasteiger partial charge in [-0.2, -0.15) is 0 Å². The summed E-state index contributed by atoms with van der Waals surface area (Å²) in [6.45, 7) is -0.467. The number of carboxylic acid groups (broad SMARTS) is 1. The summed E-state index contributed by atoms with van der Waals surface area (Å²) >= 11 is 3.06. The summed E-state index contributed by atoms with van der Waals surface area (Å²) in [7, 11) is 0. The summed E-state index contributed by atoms with van der Waals surface area (Å²) in [6, 6.07) is 2.98. The standard InChI is InChI=1S/C10H10BrN3O6/c11-6-3-5(14(19)20)1-2-7(6)13-10(18)12-4-8(15)9(16)17/h1-3,8,15H,4H2,(H,16,17)(H2,12,13,18). The molecule has 1 unspecified atom stereocenters. The number of rotatable bonds is 5. The molecule has 9 nitrogen and oxygen atoms in total. The van der Waals surface area contributed by atoms with Gasteiger partial charge in [-0.15, -0.1) is 0 Å². The van der Waals surface area contributed by atoms with Crippen LogP contribution < -0.4 is 10.6 Å². The molecule has 1 aromatic rings. The number of anilines is 1. The minimum absolute atomic E-state index is 0.149. The van der Waals surface area contributed by atoms with Crippen molar-refractivity contribution < 1.29 is 24.7 Å². The van der Waals surface area contributed by atoms with E-state index in [9.17, 15) is 19.7 Å². The minimum atomic E-state index is -1.71. The quantitative estimate of drug-likeness (QED) is 0.461. The van der Waals surface area contributed by atoms with Gasteiger partial charge in [0.05, 0.1) is 17.2 Å². The summed E-state index contributed by atoms with van der Waals surface area (Å²) in [5.74, 6) is -1.46. The number of hydrogen-bond acceptors (Lipinski definition) is 5. The first-order valence-electron chi connectivity index (χ1n) is 5.21. The Hall–Kier alpha value is -2.20. The van der Waals surface area contributed by atoms with Crippen LogP contribution in [0.1, 0.15) is 0 Å². The molecule has 0 aliphatic carbocycles. The number of nitrogens with one attached hydrogen (secondary N) is 2. The minimum Gasteiger partial charge on any atom is -0.479 e. The number of benzene rings is 1. The maximum absolute atomic E-state index is 11.4. The van der Waals surface area contributed by atoms with Crippen molar-refractivity contribution in [1.29, 1.82) is 0 Å². The Bertz CT molecular complexity index is 550. The van der Waals surface area contributed by atoms with Gasteiger partial charge in [-0.05, 0) is 22.0 Å². The van der Waals surface area contributed by atoms with Gasteiger partial charge in [0, 0.05) is 16.6 Å². The highest BCUT2D eigenvalue weighted by Crippen LogP contribution is 2.26. The molecular weight excluding hydrogens is 338 g/mol. The number of amides is 2. The van der Waals surface area contributed by atoms with Gasteiger partial charge in [0.2, 0.25) is 0 Å². The van der Waals surface area contributed by atoms with Crippen LogP contribution in [-0.4, -0.2) is 39.8 Å². The van der Waals surface area contributed by atoms with E-state index in [-0.39, 0.29) is 11.4 Å². The van der Waals surface area contributed by atoms with Crippen molar-refractivity contribution in [3.05, 3.63) is 32.8 Å². The molecule has 0 aromatic heterocycles. The number of carbonyl (C=O) groups is 2. The Morgan fingerprint density at radius 3 is 2.60 bits per heavy atom. The molecule has 2 amide bonds. The molecule has 0 saturated carbocycles. The monoisotopic (exact) mass is 347 g/mol. The first kappa shape index (κ1) is 15.9. The second-order valence-corrected chi connectivity index (χ2v) is 4.46. The summed E-state index contributed by atoms with van der Waals surface area (Å²) in [5.41, 5.74) is 0.113. The first-order chi connectivity index (χ1) is 9.31. The fourth-order valence-corrected chi connectivity index (χ4v) is 1.63. The summed E-state index contributed by atoms with van der Waals surface area (Å²) in [4.78, 5) is 31.7. The van der Waals surface area contributed by atoms with Gasteiger partial charge < -0.3 is 20.8 Å². The molecule has 1 aromatic carbocycles. The zero-order valence-corrected chi connectivity index (χ0v) is 11.5. The molecule has 1 rings (SSSR count). The van der Waals surface area contributed by atoms with E-state index in [4.69, 9.17) is 10.2 Å². The molecule has 20 heavy (non-hydrogen) atoms. The summed E-state index contributed by atoms with van der Waals surface area (Å²) < 4.78 is 0.292. The molecule has 0 heterocycles. The Labute approximate surface area is 120 Å². The topological polar surface area (TPSA) is 142 Å². The largest absolute Gasteiger partial charge is 0.479 e. The molecular formula is C10H10BrN3O6. The van der Waals surface area contributed by atoms with Crippen LogP contribution in [0.3, 0.4) is 0 Å². The molecule has 0 aliphatic rings. The van der Waals surface area contributed by atoms with Crippen LogP contribution in [0.25, 0.3) is 0 Å². The van der Waals surface area contributed by atoms with Crippen molar-refractivity contribution in [2.75, 3.05) is 11.9 Å². The lowest BCUT2D eigenvalue weighted by molar-refractivity contribution is -0.384. The maximum Gasteiger partial charge on any atom is 0.334 e. The lowest BCUT2D eigenvalue weighted by Gasteiger charge is -2.10. The number of aliphatic carboxylic acids is 1. The number of carboxylic acids is 1. The number of nitrogens with zero attached hydrogens (tertiary/aromatic N) is 1. The maximum atomic E-state index is 11.4. The number of nitro benzene ring substituents is 1. The molecule has 0 fully saturated rings. The van der Waals surface area contributed by atoms with Gasteiger partial charge in [0.1, 0.15) is 0 Å². The molecule has 0 spiro atoms. The fraction of sp³-hybridized carbons (Fsp3) is 0.200. The smallest absolute Gasteiger partial charge is 0.334 e. The van der Waals surface area contributed by atoms with Crippen LogP contribution in [0.4, 0.5) is 16.2 Å². The number of non-ortho nitro benzene ring substituents is 1. The van der Waals surface area contributed by atoms with Crippen LogP contribution in [-0.2, 0) is 4.79 Å². The van der Waals surface area contributed by atoms with Crippen molar-refractivity contribution in [3.8, 4) is 0 Å². The average molecular weight is 348 g/mol. The molecule has 1 atom stereocenters. The predicted molar refractivity (Wildman–Crippen MR) is 71.5 cm³/mol. The molecule has 0 aliphatic heterocycles. The highest BCUT2D eigenvalue weighted by molar-refractivity contribution is 9.10. The highest BCUT2D eigenvalue weighted by atomic mass is 79.9. The Kier molecular flexibility index (Phi) is 5.41. The van der Waals surface area contributed by atoms with Crippen molar-refractivity contribution in [1.82, 2.24) is 5.32 Å².